The van der Waals surface area contributed by atoms with Crippen LogP contribution in [0.1, 0.15) is 11.1 Å². The standard InChI is InChI=1S/C22H21NO6S/c1-14-9-21(25)29-19-10-16(7-8-17(14)19)28-11-20(24)23-18(22(26)27)13-30-12-15-5-3-2-4-6-15/h2-10,18H,11-13H2,1H3,(H,23,24)(H,26,27)/p-1/t18-/m0/s1. The van der Waals surface area contributed by atoms with Crippen molar-refractivity contribution in [2.24, 2.45) is 0 Å². The van der Waals surface area contributed by atoms with Crippen LogP contribution in [0, 0.1) is 6.92 Å². The molecule has 0 radical (unpaired) electrons. The Kier molecular flexibility index (Phi) is 7.13. The van der Waals surface area contributed by atoms with Gasteiger partial charge in [0.15, 0.2) is 6.61 Å². The molecule has 7 nitrogen and oxygen atoms in total. The highest BCUT2D eigenvalue weighted by atomic mass is 32.2. The summed E-state index contributed by atoms with van der Waals surface area (Å²) in [5.74, 6) is -0.820. The topological polar surface area (TPSA) is 109 Å². The highest BCUT2D eigenvalue weighted by molar-refractivity contribution is 7.98. The molecule has 0 saturated carbocycles. The van der Waals surface area contributed by atoms with Gasteiger partial charge in [0.05, 0.1) is 12.0 Å². The molecular formula is C22H20NO6S-. The number of hydrogen-bond donors (Lipinski definition) is 1. The zero-order valence-electron chi connectivity index (χ0n) is 16.3. The number of aliphatic carboxylic acids is 1. The first-order chi connectivity index (χ1) is 14.4. The van der Waals surface area contributed by atoms with Crippen molar-refractivity contribution < 1.29 is 23.8 Å². The highest BCUT2D eigenvalue weighted by Crippen LogP contribution is 2.22. The molecule has 0 aliphatic heterocycles. The normalized spacial score (nSPS) is 11.8. The maximum absolute atomic E-state index is 12.1. The van der Waals surface area contributed by atoms with Crippen LogP contribution >= 0.6 is 11.8 Å². The average molecular weight is 426 g/mol. The second kappa shape index (κ2) is 9.98. The van der Waals surface area contributed by atoms with Gasteiger partial charge in [-0.2, -0.15) is 11.8 Å². The van der Waals surface area contributed by atoms with Gasteiger partial charge in [-0.25, -0.2) is 4.79 Å². The molecule has 30 heavy (non-hydrogen) atoms. The van der Waals surface area contributed by atoms with Crippen molar-refractivity contribution in [1.82, 2.24) is 5.32 Å². The van der Waals surface area contributed by atoms with Crippen LogP contribution < -0.4 is 20.8 Å². The number of carbonyl (C=O) groups is 2. The van der Waals surface area contributed by atoms with E-state index in [4.69, 9.17) is 9.15 Å². The van der Waals surface area contributed by atoms with Gasteiger partial charge in [0.25, 0.3) is 5.91 Å². The van der Waals surface area contributed by atoms with Gasteiger partial charge in [-0.05, 0) is 30.2 Å². The Morgan fingerprint density at radius 2 is 1.93 bits per heavy atom. The first kappa shape index (κ1) is 21.4. The van der Waals surface area contributed by atoms with Gasteiger partial charge >= 0.3 is 5.63 Å². The van der Waals surface area contributed by atoms with Crippen LogP contribution in [0.5, 0.6) is 5.75 Å². The van der Waals surface area contributed by atoms with Crippen molar-refractivity contribution >= 4 is 34.6 Å². The van der Waals surface area contributed by atoms with E-state index in [1.165, 1.54) is 23.9 Å². The summed E-state index contributed by atoms with van der Waals surface area (Å²) in [7, 11) is 0. The third kappa shape index (κ3) is 5.87. The third-order valence-corrected chi connectivity index (χ3v) is 5.42. The van der Waals surface area contributed by atoms with Crippen molar-refractivity contribution in [2.75, 3.05) is 12.4 Å². The second-order valence-corrected chi connectivity index (χ2v) is 7.67. The zero-order chi connectivity index (χ0) is 21.5. The third-order valence-electron chi connectivity index (χ3n) is 4.31. The molecule has 0 spiro atoms. The van der Waals surface area contributed by atoms with Crippen molar-refractivity contribution in [3.05, 3.63) is 76.1 Å². The first-order valence-corrected chi connectivity index (χ1v) is 10.4. The lowest BCUT2D eigenvalue weighted by Gasteiger charge is -2.19. The molecular weight excluding hydrogens is 406 g/mol. The van der Waals surface area contributed by atoms with Gasteiger partial charge in [-0.15, -0.1) is 0 Å². The molecule has 1 atom stereocenters. The van der Waals surface area contributed by atoms with Gasteiger partial charge in [-0.3, -0.25) is 4.79 Å². The number of fused-ring (bicyclic) bond motifs is 1. The summed E-state index contributed by atoms with van der Waals surface area (Å²) in [5.41, 5.74) is 1.71. The van der Waals surface area contributed by atoms with Crippen molar-refractivity contribution in [3.8, 4) is 5.75 Å². The van der Waals surface area contributed by atoms with E-state index < -0.39 is 23.5 Å². The van der Waals surface area contributed by atoms with Gasteiger partial charge in [0.1, 0.15) is 11.3 Å². The Morgan fingerprint density at radius 1 is 1.17 bits per heavy atom. The van der Waals surface area contributed by atoms with Crippen LogP contribution in [0.15, 0.2) is 63.8 Å². The van der Waals surface area contributed by atoms with Crippen LogP contribution in [0.4, 0.5) is 0 Å². The van der Waals surface area contributed by atoms with Gasteiger partial charge < -0.3 is 24.4 Å². The Balaban J connectivity index is 1.53. The predicted molar refractivity (Wildman–Crippen MR) is 112 cm³/mol. The van der Waals surface area contributed by atoms with E-state index in [1.54, 1.807) is 19.1 Å². The number of amides is 1. The molecule has 0 saturated heterocycles. The predicted octanol–water partition coefficient (Wildman–Crippen LogP) is 1.65. The Morgan fingerprint density at radius 3 is 2.67 bits per heavy atom. The summed E-state index contributed by atoms with van der Waals surface area (Å²) in [4.78, 5) is 35.0. The van der Waals surface area contributed by atoms with Gasteiger partial charge in [0.2, 0.25) is 0 Å². The number of carboxylic acids is 1. The SMILES string of the molecule is Cc1cc(=O)oc2cc(OCC(=O)N[C@@H](CSCc3ccccc3)C(=O)[O-])ccc12. The van der Waals surface area contributed by atoms with E-state index >= 15 is 0 Å². The van der Waals surface area contributed by atoms with E-state index in [-0.39, 0.29) is 12.4 Å². The summed E-state index contributed by atoms with van der Waals surface area (Å²) >= 11 is 1.38. The molecule has 0 aliphatic rings. The molecule has 0 unspecified atom stereocenters. The molecule has 1 N–H and O–H groups in total. The van der Waals surface area contributed by atoms with Crippen LogP contribution in [-0.4, -0.2) is 30.3 Å². The number of nitrogens with one attached hydrogen (secondary N) is 1. The number of rotatable bonds is 9. The fourth-order valence-electron chi connectivity index (χ4n) is 2.82. The molecule has 1 heterocycles. The number of hydrogen-bond acceptors (Lipinski definition) is 7. The van der Waals surface area contributed by atoms with E-state index in [1.807, 2.05) is 30.3 Å². The van der Waals surface area contributed by atoms with Crippen LogP contribution in [0.25, 0.3) is 11.0 Å². The lowest BCUT2D eigenvalue weighted by atomic mass is 10.1. The van der Waals surface area contributed by atoms with Crippen molar-refractivity contribution in [3.63, 3.8) is 0 Å². The lowest BCUT2D eigenvalue weighted by molar-refractivity contribution is -0.307. The fraction of sp³-hybridized carbons (Fsp3) is 0.227. The second-order valence-electron chi connectivity index (χ2n) is 6.63. The monoisotopic (exact) mass is 426 g/mol. The van der Waals surface area contributed by atoms with Crippen LogP contribution in [-0.2, 0) is 15.3 Å². The van der Waals surface area contributed by atoms with Crippen molar-refractivity contribution in [1.29, 1.82) is 0 Å². The summed E-state index contributed by atoms with van der Waals surface area (Å²) in [6, 6.07) is 14.8. The zero-order valence-corrected chi connectivity index (χ0v) is 17.1. The summed E-state index contributed by atoms with van der Waals surface area (Å²) in [6.07, 6.45) is 0. The minimum Gasteiger partial charge on any atom is -0.548 e. The molecule has 2 aromatic carbocycles. The molecule has 156 valence electrons. The van der Waals surface area contributed by atoms with Crippen LogP contribution in [0.3, 0.4) is 0 Å². The van der Waals surface area contributed by atoms with Crippen LogP contribution in [0.2, 0.25) is 0 Å². The molecule has 0 bridgehead atoms. The van der Waals surface area contributed by atoms with E-state index in [0.717, 1.165) is 16.5 Å². The number of thioether (sulfide) groups is 1. The molecule has 3 rings (SSSR count). The molecule has 3 aromatic rings. The fourth-order valence-corrected chi connectivity index (χ4v) is 3.82. The van der Waals surface area contributed by atoms with E-state index in [2.05, 4.69) is 5.32 Å². The largest absolute Gasteiger partial charge is 0.548 e. The van der Waals surface area contributed by atoms with E-state index in [9.17, 15) is 19.5 Å². The van der Waals surface area contributed by atoms with Gasteiger partial charge in [0, 0.05) is 29.0 Å². The first-order valence-electron chi connectivity index (χ1n) is 9.21. The maximum Gasteiger partial charge on any atom is 0.336 e. The Labute approximate surface area is 177 Å². The lowest BCUT2D eigenvalue weighted by Crippen LogP contribution is -2.50. The molecule has 1 aromatic heterocycles. The minimum atomic E-state index is -1.35. The van der Waals surface area contributed by atoms with Crippen molar-refractivity contribution in [2.45, 2.75) is 18.7 Å². The molecule has 1 amide bonds. The highest BCUT2D eigenvalue weighted by Gasteiger charge is 2.14. The van der Waals surface area contributed by atoms with Gasteiger partial charge in [-0.1, -0.05) is 30.3 Å². The minimum absolute atomic E-state index is 0.170. The van der Waals surface area contributed by atoms with E-state index in [0.29, 0.717) is 17.1 Å². The molecule has 0 fully saturated rings. The Hall–Kier alpha value is -3.26. The summed E-state index contributed by atoms with van der Waals surface area (Å²) in [5, 5.41) is 14.5. The Bertz CT molecular complexity index is 1100. The molecule has 8 heteroatoms. The summed E-state index contributed by atoms with van der Waals surface area (Å²) in [6.45, 7) is 1.41. The molecule has 0 aliphatic carbocycles. The number of ether oxygens (including phenoxy) is 1. The number of carboxylic acid groups (broad SMARTS) is 1. The summed E-state index contributed by atoms with van der Waals surface area (Å²) < 4.78 is 10.6. The number of aryl methyl sites for hydroxylation is 1. The average Bonchev–Trinajstić information content (AvgIpc) is 2.71. The quantitative estimate of drug-likeness (QED) is 0.518. The number of carbonyl (C=O) groups excluding carboxylic acids is 2. The number of benzene rings is 2. The maximum atomic E-state index is 12.1. The smallest absolute Gasteiger partial charge is 0.336 e.